The minimum Gasteiger partial charge on any atom is -0.497 e. The first kappa shape index (κ1) is 22.3. The van der Waals surface area contributed by atoms with Gasteiger partial charge in [-0.2, -0.15) is 0 Å². The predicted molar refractivity (Wildman–Crippen MR) is 118 cm³/mol. The van der Waals surface area contributed by atoms with E-state index in [1.165, 1.54) is 49.6 Å². The lowest BCUT2D eigenvalue weighted by atomic mass is 10.1. The first-order valence-electron chi connectivity index (χ1n) is 9.92. The van der Waals surface area contributed by atoms with Crippen molar-refractivity contribution in [1.29, 1.82) is 0 Å². The molecule has 0 spiro atoms. The van der Waals surface area contributed by atoms with Crippen LogP contribution in [0.15, 0.2) is 66.7 Å². The van der Waals surface area contributed by atoms with E-state index >= 15 is 0 Å². The van der Waals surface area contributed by atoms with E-state index in [2.05, 4.69) is 0 Å². The van der Waals surface area contributed by atoms with Crippen LogP contribution in [-0.4, -0.2) is 42.2 Å². The third-order valence-electron chi connectivity index (χ3n) is 5.19. The van der Waals surface area contributed by atoms with Crippen LogP contribution in [0.2, 0.25) is 0 Å². The van der Waals surface area contributed by atoms with Gasteiger partial charge in [-0.05, 0) is 54.6 Å². The first-order chi connectivity index (χ1) is 16.3. The van der Waals surface area contributed by atoms with Crippen molar-refractivity contribution in [2.75, 3.05) is 18.6 Å². The van der Waals surface area contributed by atoms with Crippen LogP contribution in [0.5, 0.6) is 5.75 Å². The van der Waals surface area contributed by atoms with E-state index < -0.39 is 35.1 Å². The Bertz CT molecular complexity index is 1330. The van der Waals surface area contributed by atoms with Gasteiger partial charge in [0.25, 0.3) is 17.5 Å². The van der Waals surface area contributed by atoms with Crippen LogP contribution in [0.4, 0.5) is 11.4 Å². The number of amides is 2. The van der Waals surface area contributed by atoms with Crippen molar-refractivity contribution in [2.45, 2.75) is 0 Å². The predicted octanol–water partition coefficient (Wildman–Crippen LogP) is 3.44. The van der Waals surface area contributed by atoms with E-state index in [4.69, 9.17) is 9.47 Å². The maximum absolute atomic E-state index is 12.9. The number of hydrogen-bond donors (Lipinski definition) is 0. The highest BCUT2D eigenvalue weighted by Gasteiger charge is 2.37. The summed E-state index contributed by atoms with van der Waals surface area (Å²) in [5.74, 6) is -1.98. The zero-order valence-corrected chi connectivity index (χ0v) is 17.7. The van der Waals surface area contributed by atoms with Gasteiger partial charge in [0, 0.05) is 17.7 Å². The molecule has 3 aromatic rings. The summed E-state index contributed by atoms with van der Waals surface area (Å²) in [4.78, 5) is 61.4. The summed E-state index contributed by atoms with van der Waals surface area (Å²) in [5.41, 5.74) is 0.365. The van der Waals surface area contributed by atoms with Crippen molar-refractivity contribution in [1.82, 2.24) is 0 Å². The standard InChI is InChI=1S/C24H16N2O8/c1-33-18-9-2-14(3-10-18)21(27)13-34-24(30)15-4-11-19-20(12-15)23(29)25(22(19)28)16-5-7-17(8-6-16)26(31)32/h2-12H,13H2,1H3. The average molecular weight is 460 g/mol. The highest BCUT2D eigenvalue weighted by atomic mass is 16.6. The number of esters is 1. The number of anilines is 1. The van der Waals surface area contributed by atoms with Gasteiger partial charge in [0.1, 0.15) is 5.75 Å². The van der Waals surface area contributed by atoms with Crippen molar-refractivity contribution in [2.24, 2.45) is 0 Å². The van der Waals surface area contributed by atoms with E-state index in [-0.39, 0.29) is 28.1 Å². The fraction of sp³-hybridized carbons (Fsp3) is 0.0833. The molecule has 2 amide bonds. The second-order valence-corrected chi connectivity index (χ2v) is 7.21. The number of methoxy groups -OCH3 is 1. The SMILES string of the molecule is COc1ccc(C(=O)COC(=O)c2ccc3c(c2)C(=O)N(c2ccc([N+](=O)[O-])cc2)C3=O)cc1. The molecule has 0 N–H and O–H groups in total. The topological polar surface area (TPSA) is 133 Å². The van der Waals surface area contributed by atoms with Crippen LogP contribution < -0.4 is 9.64 Å². The number of non-ortho nitro benzene ring substituents is 1. The summed E-state index contributed by atoms with van der Waals surface area (Å²) in [6, 6.07) is 15.1. The summed E-state index contributed by atoms with van der Waals surface area (Å²) < 4.78 is 10.1. The molecule has 170 valence electrons. The molecule has 1 aliphatic heterocycles. The number of fused-ring (bicyclic) bond motifs is 1. The molecule has 1 aliphatic rings. The molecule has 0 bridgehead atoms. The van der Waals surface area contributed by atoms with E-state index in [0.29, 0.717) is 11.3 Å². The normalized spacial score (nSPS) is 12.3. The van der Waals surface area contributed by atoms with Crippen LogP contribution in [0.25, 0.3) is 0 Å². The minimum atomic E-state index is -0.835. The highest BCUT2D eigenvalue weighted by molar-refractivity contribution is 6.34. The molecule has 0 aromatic heterocycles. The maximum atomic E-state index is 12.9. The Labute approximate surface area is 192 Å². The Morgan fingerprint density at radius 1 is 0.882 bits per heavy atom. The third-order valence-corrected chi connectivity index (χ3v) is 5.19. The van der Waals surface area contributed by atoms with E-state index in [1.807, 2.05) is 0 Å². The van der Waals surface area contributed by atoms with Gasteiger partial charge < -0.3 is 9.47 Å². The number of Topliss-reactive ketones (excluding diaryl/α,β-unsaturated/α-hetero) is 1. The Morgan fingerprint density at radius 2 is 1.50 bits per heavy atom. The fourth-order valence-corrected chi connectivity index (χ4v) is 3.40. The number of rotatable bonds is 7. The minimum absolute atomic E-state index is 0.00650. The van der Waals surface area contributed by atoms with Gasteiger partial charge in [0.2, 0.25) is 0 Å². The van der Waals surface area contributed by atoms with Gasteiger partial charge in [-0.1, -0.05) is 0 Å². The monoisotopic (exact) mass is 460 g/mol. The summed E-state index contributed by atoms with van der Waals surface area (Å²) in [5, 5.41) is 10.8. The molecule has 1 heterocycles. The summed E-state index contributed by atoms with van der Waals surface area (Å²) in [6.45, 7) is -0.510. The molecule has 0 atom stereocenters. The molecule has 4 rings (SSSR count). The van der Waals surface area contributed by atoms with Gasteiger partial charge in [0.05, 0.1) is 34.4 Å². The Hall–Kier alpha value is -4.86. The fourth-order valence-electron chi connectivity index (χ4n) is 3.40. The van der Waals surface area contributed by atoms with Crippen LogP contribution in [0.3, 0.4) is 0 Å². The number of carbonyl (C=O) groups is 4. The zero-order valence-electron chi connectivity index (χ0n) is 17.7. The number of nitro benzene ring substituents is 1. The summed E-state index contributed by atoms with van der Waals surface area (Å²) in [6.07, 6.45) is 0. The molecule has 3 aromatic carbocycles. The number of imide groups is 1. The summed E-state index contributed by atoms with van der Waals surface area (Å²) in [7, 11) is 1.50. The van der Waals surface area contributed by atoms with Crippen LogP contribution >= 0.6 is 0 Å². The Morgan fingerprint density at radius 3 is 2.12 bits per heavy atom. The average Bonchev–Trinajstić information content (AvgIpc) is 3.11. The van der Waals surface area contributed by atoms with Gasteiger partial charge >= 0.3 is 5.97 Å². The smallest absolute Gasteiger partial charge is 0.338 e. The van der Waals surface area contributed by atoms with E-state index in [1.54, 1.807) is 24.3 Å². The summed E-state index contributed by atoms with van der Waals surface area (Å²) >= 11 is 0. The molecule has 0 saturated heterocycles. The lowest BCUT2D eigenvalue weighted by Gasteiger charge is -2.13. The molecule has 0 saturated carbocycles. The molecule has 0 radical (unpaired) electrons. The lowest BCUT2D eigenvalue weighted by Crippen LogP contribution is -2.29. The molecule has 10 heteroatoms. The van der Waals surface area contributed by atoms with Gasteiger partial charge in [0.15, 0.2) is 12.4 Å². The quantitative estimate of drug-likeness (QED) is 0.172. The Kier molecular flexibility index (Phi) is 5.88. The molecule has 34 heavy (non-hydrogen) atoms. The number of nitro groups is 1. The number of ether oxygens (including phenoxy) is 2. The zero-order chi connectivity index (χ0) is 24.4. The molecule has 0 aliphatic carbocycles. The largest absolute Gasteiger partial charge is 0.497 e. The second-order valence-electron chi connectivity index (χ2n) is 7.21. The maximum Gasteiger partial charge on any atom is 0.338 e. The second kappa shape index (κ2) is 8.94. The van der Waals surface area contributed by atoms with Crippen molar-refractivity contribution in [3.05, 3.63) is 99.1 Å². The van der Waals surface area contributed by atoms with Crippen LogP contribution in [-0.2, 0) is 4.74 Å². The van der Waals surface area contributed by atoms with Crippen LogP contribution in [0.1, 0.15) is 41.4 Å². The molecule has 0 unspecified atom stereocenters. The third kappa shape index (κ3) is 4.11. The van der Waals surface area contributed by atoms with Crippen molar-refractivity contribution >= 4 is 34.9 Å². The van der Waals surface area contributed by atoms with E-state index in [9.17, 15) is 29.3 Å². The molecule has 10 nitrogen and oxygen atoms in total. The van der Waals surface area contributed by atoms with Crippen molar-refractivity contribution in [3.63, 3.8) is 0 Å². The Balaban J connectivity index is 1.48. The van der Waals surface area contributed by atoms with Crippen LogP contribution in [0, 0.1) is 10.1 Å². The van der Waals surface area contributed by atoms with Gasteiger partial charge in [-0.15, -0.1) is 0 Å². The highest BCUT2D eigenvalue weighted by Crippen LogP contribution is 2.30. The number of ketones is 1. The lowest BCUT2D eigenvalue weighted by molar-refractivity contribution is -0.384. The van der Waals surface area contributed by atoms with Crippen molar-refractivity contribution in [3.8, 4) is 5.75 Å². The molecular formula is C24H16N2O8. The molecular weight excluding hydrogens is 444 g/mol. The van der Waals surface area contributed by atoms with Gasteiger partial charge in [-0.3, -0.25) is 24.5 Å². The van der Waals surface area contributed by atoms with Gasteiger partial charge in [-0.25, -0.2) is 9.69 Å². The first-order valence-corrected chi connectivity index (χ1v) is 9.92. The van der Waals surface area contributed by atoms with Crippen molar-refractivity contribution < 1.29 is 33.6 Å². The number of benzene rings is 3. The number of hydrogen-bond acceptors (Lipinski definition) is 8. The van der Waals surface area contributed by atoms with E-state index in [0.717, 1.165) is 4.90 Å². The molecule has 0 fully saturated rings. The number of carbonyl (C=O) groups excluding carboxylic acids is 4. The number of nitrogens with zero attached hydrogens (tertiary/aromatic N) is 2.